The van der Waals surface area contributed by atoms with Crippen LogP contribution in [0, 0.1) is 12.8 Å². The highest BCUT2D eigenvalue weighted by atomic mass is 35.5. The van der Waals surface area contributed by atoms with Crippen LogP contribution >= 0.6 is 24.0 Å². The van der Waals surface area contributed by atoms with Crippen LogP contribution in [-0.2, 0) is 4.79 Å². The summed E-state index contributed by atoms with van der Waals surface area (Å²) < 4.78 is 0. The molecule has 118 valence electrons. The molecule has 2 unspecified atom stereocenters. The fourth-order valence-corrected chi connectivity index (χ4v) is 2.84. The lowest BCUT2D eigenvalue weighted by atomic mass is 10.1. The fourth-order valence-electron chi connectivity index (χ4n) is 2.66. The average Bonchev–Trinajstić information content (AvgIpc) is 2.74. The first-order valence-electron chi connectivity index (χ1n) is 6.99. The molecule has 3 N–H and O–H groups in total. The van der Waals surface area contributed by atoms with Gasteiger partial charge < -0.3 is 11.1 Å². The van der Waals surface area contributed by atoms with Crippen LogP contribution in [0.5, 0.6) is 0 Å². The Balaban J connectivity index is 0.00000220. The van der Waals surface area contributed by atoms with E-state index in [9.17, 15) is 4.79 Å². The number of amides is 1. The number of carbonyl (C=O) groups excluding carboxylic acids is 1. The minimum absolute atomic E-state index is 0. The summed E-state index contributed by atoms with van der Waals surface area (Å²) in [6, 6.07) is 5.97. The summed E-state index contributed by atoms with van der Waals surface area (Å²) in [7, 11) is 0. The fraction of sp³-hybridized carbons (Fsp3) is 0.533. The van der Waals surface area contributed by atoms with Crippen LogP contribution in [0.3, 0.4) is 0 Å². The van der Waals surface area contributed by atoms with Crippen molar-refractivity contribution in [2.45, 2.75) is 26.3 Å². The van der Waals surface area contributed by atoms with Crippen LogP contribution < -0.4 is 11.1 Å². The second-order valence-corrected chi connectivity index (χ2v) is 6.04. The molecule has 1 amide bonds. The third-order valence-corrected chi connectivity index (χ3v) is 4.33. The van der Waals surface area contributed by atoms with Gasteiger partial charge in [-0.1, -0.05) is 17.7 Å². The number of nitrogens with zero attached hydrogens (tertiary/aromatic N) is 1. The molecule has 1 aliphatic heterocycles. The van der Waals surface area contributed by atoms with Gasteiger partial charge in [-0.05, 0) is 50.4 Å². The van der Waals surface area contributed by atoms with Crippen molar-refractivity contribution in [1.82, 2.24) is 4.90 Å². The molecule has 21 heavy (non-hydrogen) atoms. The largest absolute Gasteiger partial charge is 0.330 e. The second kappa shape index (κ2) is 7.99. The first-order chi connectivity index (χ1) is 9.49. The van der Waals surface area contributed by atoms with Gasteiger partial charge in [-0.25, -0.2) is 0 Å². The van der Waals surface area contributed by atoms with Crippen LogP contribution in [-0.4, -0.2) is 36.5 Å². The highest BCUT2D eigenvalue weighted by Crippen LogP contribution is 2.22. The van der Waals surface area contributed by atoms with E-state index in [0.29, 0.717) is 30.1 Å². The SMILES string of the molecule is Cc1ccc(NC(=O)CN2CC(CN)CC2C)cc1Cl.Cl. The first kappa shape index (κ1) is 18.2. The van der Waals surface area contributed by atoms with E-state index in [0.717, 1.165) is 24.2 Å². The molecule has 1 aromatic rings. The van der Waals surface area contributed by atoms with Crippen molar-refractivity contribution in [2.75, 3.05) is 25.0 Å². The summed E-state index contributed by atoms with van der Waals surface area (Å²) in [6.07, 6.45) is 1.07. The van der Waals surface area contributed by atoms with Crippen molar-refractivity contribution in [3.8, 4) is 0 Å². The van der Waals surface area contributed by atoms with E-state index in [1.165, 1.54) is 0 Å². The number of benzene rings is 1. The quantitative estimate of drug-likeness (QED) is 0.891. The van der Waals surface area contributed by atoms with Gasteiger partial charge in [0.15, 0.2) is 0 Å². The zero-order valence-corrected chi connectivity index (χ0v) is 14.0. The van der Waals surface area contributed by atoms with Crippen molar-refractivity contribution in [3.63, 3.8) is 0 Å². The Labute approximate surface area is 137 Å². The molecule has 1 saturated heterocycles. The zero-order chi connectivity index (χ0) is 14.7. The van der Waals surface area contributed by atoms with Gasteiger partial charge >= 0.3 is 0 Å². The molecule has 1 fully saturated rings. The molecule has 0 spiro atoms. The summed E-state index contributed by atoms with van der Waals surface area (Å²) in [4.78, 5) is 14.3. The molecule has 1 aliphatic rings. The maximum absolute atomic E-state index is 12.1. The molecule has 0 bridgehead atoms. The third-order valence-electron chi connectivity index (χ3n) is 3.93. The van der Waals surface area contributed by atoms with Crippen LogP contribution in [0.2, 0.25) is 5.02 Å². The number of hydrogen-bond donors (Lipinski definition) is 2. The highest BCUT2D eigenvalue weighted by molar-refractivity contribution is 6.31. The molecule has 2 rings (SSSR count). The average molecular weight is 332 g/mol. The maximum Gasteiger partial charge on any atom is 0.238 e. The number of anilines is 1. The Morgan fingerprint density at radius 1 is 1.52 bits per heavy atom. The first-order valence-corrected chi connectivity index (χ1v) is 7.37. The molecule has 0 aromatic heterocycles. The van der Waals surface area contributed by atoms with Crippen LogP contribution in [0.1, 0.15) is 18.9 Å². The Bertz CT molecular complexity index is 496. The number of carbonyl (C=O) groups is 1. The topological polar surface area (TPSA) is 58.4 Å². The van der Waals surface area contributed by atoms with Gasteiger partial charge in [0.1, 0.15) is 0 Å². The van der Waals surface area contributed by atoms with Gasteiger partial charge in [-0.15, -0.1) is 12.4 Å². The molecule has 4 nitrogen and oxygen atoms in total. The number of rotatable bonds is 4. The van der Waals surface area contributed by atoms with Crippen molar-refractivity contribution in [2.24, 2.45) is 11.7 Å². The number of halogens is 2. The lowest BCUT2D eigenvalue weighted by Crippen LogP contribution is -2.36. The molecule has 2 atom stereocenters. The number of nitrogens with one attached hydrogen (secondary N) is 1. The van der Waals surface area contributed by atoms with E-state index in [-0.39, 0.29) is 18.3 Å². The Morgan fingerprint density at radius 2 is 2.24 bits per heavy atom. The molecule has 0 saturated carbocycles. The number of aryl methyl sites for hydroxylation is 1. The van der Waals surface area contributed by atoms with Gasteiger partial charge in [0, 0.05) is 23.3 Å². The molecule has 1 heterocycles. The van der Waals surface area contributed by atoms with Gasteiger partial charge in [0.25, 0.3) is 0 Å². The van der Waals surface area contributed by atoms with Crippen LogP contribution in [0.15, 0.2) is 18.2 Å². The highest BCUT2D eigenvalue weighted by Gasteiger charge is 2.29. The molecular formula is C15H23Cl2N3O. The van der Waals surface area contributed by atoms with E-state index in [1.807, 2.05) is 19.1 Å². The van der Waals surface area contributed by atoms with E-state index >= 15 is 0 Å². The molecular weight excluding hydrogens is 309 g/mol. The number of nitrogens with two attached hydrogens (primary N) is 1. The monoisotopic (exact) mass is 331 g/mol. The minimum Gasteiger partial charge on any atom is -0.330 e. The van der Waals surface area contributed by atoms with Crippen molar-refractivity contribution in [1.29, 1.82) is 0 Å². The number of hydrogen-bond acceptors (Lipinski definition) is 3. The standard InChI is InChI=1S/C15H22ClN3O.ClH/c1-10-3-4-13(6-14(10)16)18-15(20)9-19-8-12(7-17)5-11(19)2;/h3-4,6,11-12H,5,7-9,17H2,1-2H3,(H,18,20);1H. The summed E-state index contributed by atoms with van der Waals surface area (Å²) in [5, 5.41) is 3.56. The lowest BCUT2D eigenvalue weighted by molar-refractivity contribution is -0.117. The summed E-state index contributed by atoms with van der Waals surface area (Å²) >= 11 is 6.05. The predicted molar refractivity (Wildman–Crippen MR) is 90.3 cm³/mol. The molecule has 6 heteroatoms. The Hall–Kier alpha value is -0.810. The molecule has 0 radical (unpaired) electrons. The van der Waals surface area contributed by atoms with Crippen LogP contribution in [0.25, 0.3) is 0 Å². The lowest BCUT2D eigenvalue weighted by Gasteiger charge is -2.20. The van der Waals surface area contributed by atoms with E-state index < -0.39 is 0 Å². The van der Waals surface area contributed by atoms with Gasteiger partial charge in [-0.3, -0.25) is 9.69 Å². The van der Waals surface area contributed by atoms with E-state index in [1.54, 1.807) is 6.07 Å². The summed E-state index contributed by atoms with van der Waals surface area (Å²) in [5.41, 5.74) is 7.45. The van der Waals surface area contributed by atoms with Crippen molar-refractivity contribution < 1.29 is 4.79 Å². The third kappa shape index (κ3) is 4.85. The van der Waals surface area contributed by atoms with Gasteiger partial charge in [0.2, 0.25) is 5.91 Å². The van der Waals surface area contributed by atoms with E-state index in [4.69, 9.17) is 17.3 Å². The summed E-state index contributed by atoms with van der Waals surface area (Å²) in [6.45, 7) is 6.08. The van der Waals surface area contributed by atoms with Crippen molar-refractivity contribution in [3.05, 3.63) is 28.8 Å². The Kier molecular flexibility index (Phi) is 6.94. The molecule has 1 aromatic carbocycles. The van der Waals surface area contributed by atoms with Crippen LogP contribution in [0.4, 0.5) is 5.69 Å². The normalized spacial score (nSPS) is 21.9. The summed E-state index contributed by atoms with van der Waals surface area (Å²) in [5.74, 6) is 0.501. The molecule has 0 aliphatic carbocycles. The second-order valence-electron chi connectivity index (χ2n) is 5.63. The van der Waals surface area contributed by atoms with Gasteiger partial charge in [-0.2, -0.15) is 0 Å². The predicted octanol–water partition coefficient (Wildman–Crippen LogP) is 2.68. The zero-order valence-electron chi connectivity index (χ0n) is 12.4. The minimum atomic E-state index is -0.00515. The van der Waals surface area contributed by atoms with Gasteiger partial charge in [0.05, 0.1) is 6.54 Å². The number of likely N-dealkylation sites (tertiary alicyclic amines) is 1. The van der Waals surface area contributed by atoms with E-state index in [2.05, 4.69) is 17.1 Å². The van der Waals surface area contributed by atoms with Crippen molar-refractivity contribution >= 4 is 35.6 Å². The Morgan fingerprint density at radius 3 is 2.81 bits per heavy atom. The smallest absolute Gasteiger partial charge is 0.238 e. The maximum atomic E-state index is 12.1.